The fourth-order valence-corrected chi connectivity index (χ4v) is 4.73. The molecule has 1 spiro atoms. The zero-order valence-electron chi connectivity index (χ0n) is 18.6. The van der Waals surface area contributed by atoms with Crippen molar-refractivity contribution in [2.75, 3.05) is 29.9 Å². The number of carbonyl (C=O) groups excluding carboxylic acids is 2. The van der Waals surface area contributed by atoms with Gasteiger partial charge in [-0.2, -0.15) is 0 Å². The molecular weight excluding hydrogens is 442 g/mol. The Balaban J connectivity index is 1.23. The monoisotopic (exact) mass is 467 g/mol. The van der Waals surface area contributed by atoms with Crippen LogP contribution in [-0.4, -0.2) is 42.3 Å². The molecule has 2 heterocycles. The Morgan fingerprint density at radius 3 is 2.50 bits per heavy atom. The molecule has 1 saturated carbocycles. The number of hydrogen-bond acceptors (Lipinski definition) is 8. The van der Waals surface area contributed by atoms with E-state index in [2.05, 4.69) is 5.32 Å². The normalized spacial score (nSPS) is 17.7. The number of fused-ring (bicyclic) bond motifs is 1. The number of anilines is 2. The molecule has 0 radical (unpaired) electrons. The van der Waals surface area contributed by atoms with Crippen molar-refractivity contribution in [2.45, 2.75) is 44.3 Å². The van der Waals surface area contributed by atoms with Crippen LogP contribution in [0.4, 0.5) is 17.1 Å². The lowest BCUT2D eigenvalue weighted by Crippen LogP contribution is -2.34. The molecule has 0 atom stereocenters. The number of nitrogens with one attached hydrogen (secondary N) is 1. The van der Waals surface area contributed by atoms with Gasteiger partial charge in [0.2, 0.25) is 0 Å². The first-order valence-electron chi connectivity index (χ1n) is 11.4. The molecule has 10 heteroatoms. The number of nitro groups is 1. The van der Waals surface area contributed by atoms with Crippen molar-refractivity contribution >= 4 is 28.9 Å². The van der Waals surface area contributed by atoms with Crippen molar-refractivity contribution < 1.29 is 28.7 Å². The largest absolute Gasteiger partial charge is 0.452 e. The van der Waals surface area contributed by atoms with E-state index in [1.54, 1.807) is 24.3 Å². The number of nitro benzene ring substituents is 1. The number of esters is 1. The first-order valence-corrected chi connectivity index (χ1v) is 11.4. The second-order valence-electron chi connectivity index (χ2n) is 8.76. The van der Waals surface area contributed by atoms with Gasteiger partial charge in [-0.25, -0.2) is 4.79 Å². The Hall–Kier alpha value is -3.82. The number of hydrogen-bond donors (Lipinski definition) is 1. The smallest absolute Gasteiger partial charge is 0.341 e. The molecule has 5 rings (SSSR count). The van der Waals surface area contributed by atoms with Crippen LogP contribution in [-0.2, 0) is 9.53 Å². The highest BCUT2D eigenvalue weighted by atomic mass is 16.7. The average molecular weight is 467 g/mol. The molecular formula is C24H25N3O7. The van der Waals surface area contributed by atoms with E-state index in [0.29, 0.717) is 22.9 Å². The first kappa shape index (κ1) is 22.0. The van der Waals surface area contributed by atoms with Gasteiger partial charge in [0.05, 0.1) is 16.2 Å². The van der Waals surface area contributed by atoms with Crippen LogP contribution < -0.4 is 19.7 Å². The molecule has 2 aromatic rings. The van der Waals surface area contributed by atoms with Crippen LogP contribution in [0.5, 0.6) is 11.5 Å². The van der Waals surface area contributed by atoms with Gasteiger partial charge in [-0.15, -0.1) is 0 Å². The molecule has 1 saturated heterocycles. The third-order valence-corrected chi connectivity index (χ3v) is 6.38. The van der Waals surface area contributed by atoms with Gasteiger partial charge in [-0.1, -0.05) is 0 Å². The molecule has 1 N–H and O–H groups in total. The Kier molecular flexibility index (Phi) is 5.72. The molecule has 0 unspecified atom stereocenters. The SMILES string of the molecule is O=C(COC(=O)c1cc([N+](=O)[O-])ccc1N1CCCC1)Nc1ccc2c(c1)OC1(CCCC1)O2. The summed E-state index contributed by atoms with van der Waals surface area (Å²) < 4.78 is 17.2. The van der Waals surface area contributed by atoms with Gasteiger partial charge in [0.1, 0.15) is 0 Å². The molecule has 1 amide bonds. The van der Waals surface area contributed by atoms with Crippen molar-refractivity contribution in [1.29, 1.82) is 0 Å². The summed E-state index contributed by atoms with van der Waals surface area (Å²) >= 11 is 0. The topological polar surface area (TPSA) is 120 Å². The average Bonchev–Trinajstić information content (AvgIpc) is 3.58. The summed E-state index contributed by atoms with van der Waals surface area (Å²) in [6.45, 7) is 0.979. The summed E-state index contributed by atoms with van der Waals surface area (Å²) in [7, 11) is 0. The molecule has 2 aliphatic heterocycles. The predicted molar refractivity (Wildman–Crippen MR) is 122 cm³/mol. The number of amides is 1. The van der Waals surface area contributed by atoms with Crippen molar-refractivity contribution in [3.63, 3.8) is 0 Å². The molecule has 2 aromatic carbocycles. The van der Waals surface area contributed by atoms with Crippen molar-refractivity contribution in [2.24, 2.45) is 0 Å². The Bertz CT molecular complexity index is 1140. The summed E-state index contributed by atoms with van der Waals surface area (Å²) in [5.41, 5.74) is 0.935. The minimum atomic E-state index is -0.783. The minimum absolute atomic E-state index is 0.0776. The van der Waals surface area contributed by atoms with E-state index in [4.69, 9.17) is 14.2 Å². The van der Waals surface area contributed by atoms with Crippen molar-refractivity contribution in [1.82, 2.24) is 0 Å². The summed E-state index contributed by atoms with van der Waals surface area (Å²) in [4.78, 5) is 37.8. The quantitative estimate of drug-likeness (QED) is 0.384. The lowest BCUT2D eigenvalue weighted by atomic mass is 10.1. The van der Waals surface area contributed by atoms with Crippen LogP contribution in [0.25, 0.3) is 0 Å². The fourth-order valence-electron chi connectivity index (χ4n) is 4.73. The molecule has 0 aromatic heterocycles. The summed E-state index contributed by atoms with van der Waals surface area (Å²) in [5.74, 6) is -0.688. The highest BCUT2D eigenvalue weighted by Gasteiger charge is 2.44. The molecule has 34 heavy (non-hydrogen) atoms. The summed E-state index contributed by atoms with van der Waals surface area (Å²) in [6.07, 6.45) is 5.71. The molecule has 178 valence electrons. The first-order chi connectivity index (χ1) is 16.4. The van der Waals surface area contributed by atoms with Crippen LogP contribution in [0, 0.1) is 10.1 Å². The van der Waals surface area contributed by atoms with Gasteiger partial charge in [0.25, 0.3) is 17.4 Å². The van der Waals surface area contributed by atoms with E-state index in [9.17, 15) is 19.7 Å². The van der Waals surface area contributed by atoms with Gasteiger partial charge in [-0.05, 0) is 43.9 Å². The number of carbonyl (C=O) groups is 2. The maximum absolute atomic E-state index is 12.8. The molecule has 10 nitrogen and oxygen atoms in total. The number of rotatable bonds is 6. The highest BCUT2D eigenvalue weighted by Crippen LogP contribution is 2.47. The second-order valence-corrected chi connectivity index (χ2v) is 8.76. The fraction of sp³-hybridized carbons (Fsp3) is 0.417. The van der Waals surface area contributed by atoms with Crippen molar-refractivity contribution in [3.8, 4) is 11.5 Å². The van der Waals surface area contributed by atoms with E-state index in [1.807, 2.05) is 4.90 Å². The zero-order chi connectivity index (χ0) is 23.7. The molecule has 0 bridgehead atoms. The van der Waals surface area contributed by atoms with E-state index >= 15 is 0 Å². The van der Waals surface area contributed by atoms with Gasteiger partial charge in [0, 0.05) is 49.8 Å². The van der Waals surface area contributed by atoms with Crippen LogP contribution in [0.2, 0.25) is 0 Å². The standard InChI is InChI=1S/C24H25N3O7/c28-22(25-16-5-8-20-21(13-16)34-24(33-20)9-1-2-10-24)15-32-23(29)18-14-17(27(30)31)6-7-19(18)26-11-3-4-12-26/h5-8,13-14H,1-4,9-12,15H2,(H,25,28). The Labute approximate surface area is 195 Å². The van der Waals surface area contributed by atoms with E-state index < -0.39 is 29.2 Å². The summed E-state index contributed by atoms with van der Waals surface area (Å²) in [5, 5.41) is 13.9. The van der Waals surface area contributed by atoms with E-state index in [-0.39, 0.29) is 11.3 Å². The molecule has 3 aliphatic rings. The molecule has 2 fully saturated rings. The van der Waals surface area contributed by atoms with Crippen LogP contribution in [0.15, 0.2) is 36.4 Å². The lowest BCUT2D eigenvalue weighted by molar-refractivity contribution is -0.384. The minimum Gasteiger partial charge on any atom is -0.452 e. The third kappa shape index (κ3) is 4.35. The van der Waals surface area contributed by atoms with E-state index in [1.165, 1.54) is 12.1 Å². The maximum atomic E-state index is 12.8. The second kappa shape index (κ2) is 8.85. The van der Waals surface area contributed by atoms with Crippen LogP contribution in [0.1, 0.15) is 48.9 Å². The van der Waals surface area contributed by atoms with Crippen molar-refractivity contribution in [3.05, 3.63) is 52.1 Å². The third-order valence-electron chi connectivity index (χ3n) is 6.38. The van der Waals surface area contributed by atoms with Gasteiger partial charge in [0.15, 0.2) is 18.1 Å². The van der Waals surface area contributed by atoms with Crippen LogP contribution in [0.3, 0.4) is 0 Å². The van der Waals surface area contributed by atoms with E-state index in [0.717, 1.165) is 51.6 Å². The number of non-ortho nitro benzene ring substituents is 1. The van der Waals surface area contributed by atoms with Crippen LogP contribution >= 0.6 is 0 Å². The predicted octanol–water partition coefficient (Wildman–Crippen LogP) is 4.03. The summed E-state index contributed by atoms with van der Waals surface area (Å²) in [6, 6.07) is 9.26. The Morgan fingerprint density at radius 1 is 1.03 bits per heavy atom. The number of nitrogens with zero attached hydrogens (tertiary/aromatic N) is 2. The Morgan fingerprint density at radius 2 is 1.76 bits per heavy atom. The molecule has 1 aliphatic carbocycles. The lowest BCUT2D eigenvalue weighted by Gasteiger charge is -2.21. The number of benzene rings is 2. The van der Waals surface area contributed by atoms with Gasteiger partial charge in [-0.3, -0.25) is 14.9 Å². The zero-order valence-corrected chi connectivity index (χ0v) is 18.6. The van der Waals surface area contributed by atoms with Gasteiger partial charge >= 0.3 is 5.97 Å². The number of ether oxygens (including phenoxy) is 3. The highest BCUT2D eigenvalue weighted by molar-refractivity contribution is 5.99. The maximum Gasteiger partial charge on any atom is 0.341 e. The van der Waals surface area contributed by atoms with Gasteiger partial charge < -0.3 is 24.4 Å².